The number of benzene rings is 2. The van der Waals surface area contributed by atoms with Crippen molar-refractivity contribution in [2.24, 2.45) is 5.92 Å². The fourth-order valence-corrected chi connectivity index (χ4v) is 3.84. The second-order valence-corrected chi connectivity index (χ2v) is 10.4. The molecular weight excluding hydrogens is 606 g/mol. The average Bonchev–Trinajstić information content (AvgIpc) is 3.88. The van der Waals surface area contributed by atoms with Crippen molar-refractivity contribution in [2.45, 2.75) is 73.0 Å². The van der Waals surface area contributed by atoms with Gasteiger partial charge >= 0.3 is 6.18 Å². The lowest BCUT2D eigenvalue weighted by molar-refractivity contribution is -0.104. The number of carbonyl (C=O) groups excluding carboxylic acids is 1. The van der Waals surface area contributed by atoms with E-state index in [4.69, 9.17) is 5.21 Å². The molecule has 1 saturated carbocycles. The predicted octanol–water partition coefficient (Wildman–Crippen LogP) is 10.6. The van der Waals surface area contributed by atoms with Crippen molar-refractivity contribution >= 4 is 17.7 Å². The van der Waals surface area contributed by atoms with Gasteiger partial charge in [-0.2, -0.15) is 13.2 Å². The Morgan fingerprint density at radius 3 is 2.23 bits per heavy atom. The van der Waals surface area contributed by atoms with Crippen molar-refractivity contribution < 1.29 is 27.6 Å². The Kier molecular flexibility index (Phi) is 21.1. The molecule has 1 aliphatic carbocycles. The van der Waals surface area contributed by atoms with Crippen molar-refractivity contribution in [3.63, 3.8) is 0 Å². The van der Waals surface area contributed by atoms with E-state index in [2.05, 4.69) is 50.3 Å². The van der Waals surface area contributed by atoms with Crippen LogP contribution in [0.1, 0.15) is 76.6 Å². The fourth-order valence-electron chi connectivity index (χ4n) is 3.84. The molecule has 2 aromatic rings. The maximum Gasteiger partial charge on any atom is 0.415 e. The minimum atomic E-state index is -4.60. The van der Waals surface area contributed by atoms with Crippen LogP contribution in [-0.2, 0) is 4.79 Å². The van der Waals surface area contributed by atoms with Gasteiger partial charge in [-0.25, -0.2) is 4.39 Å². The molecule has 0 aromatic heterocycles. The first kappa shape index (κ1) is 42.8. The van der Waals surface area contributed by atoms with Crippen LogP contribution in [0.15, 0.2) is 109 Å². The fraction of sp³-hybridized carbons (Fsp3) is 0.342. The number of anilines is 1. The Labute approximate surface area is 278 Å². The quantitative estimate of drug-likeness (QED) is 0.0567. The maximum atomic E-state index is 13.5. The monoisotopic (exact) mass is 657 g/mol. The molecule has 0 spiro atoms. The summed E-state index contributed by atoms with van der Waals surface area (Å²) in [7, 11) is 0. The molecule has 2 aromatic carbocycles. The molecule has 1 atom stereocenters. The summed E-state index contributed by atoms with van der Waals surface area (Å²) in [6.45, 7) is 23.3. The van der Waals surface area contributed by atoms with E-state index in [9.17, 15) is 22.4 Å². The van der Waals surface area contributed by atoms with Crippen LogP contribution in [0.5, 0.6) is 0 Å². The van der Waals surface area contributed by atoms with E-state index in [1.165, 1.54) is 25.3 Å². The van der Waals surface area contributed by atoms with Crippen LogP contribution < -0.4 is 16.1 Å². The molecule has 0 saturated heterocycles. The second-order valence-electron chi connectivity index (χ2n) is 10.4. The van der Waals surface area contributed by atoms with Gasteiger partial charge in [0.05, 0.1) is 23.0 Å². The third kappa shape index (κ3) is 16.8. The van der Waals surface area contributed by atoms with E-state index in [-0.39, 0.29) is 29.5 Å². The number of hydroxylamine groups is 1. The standard InChI is InChI=1S/C19H24FN.C14H13F3N2O2.C3H8.C2H6/c1-4-6-16(7-5-2)19(21-13-15-8-9-15)17-10-11-18(20)14(3)12-17;1-9(14(15,16)17)6-13(8-20)18-12-5-3-4-11(7-12)10(2)19-21;1-3-2;1-2/h4-7,10-12,15,19,21H,1,8-9,13H2,2-3H3;3-8,18-19,21H,1-2H2;3H2,1-2H3;1-2H3/b7-5-,16-6+;13-6-;;. The van der Waals surface area contributed by atoms with Crippen LogP contribution in [-0.4, -0.2) is 24.2 Å². The first-order valence-corrected chi connectivity index (χ1v) is 15.7. The van der Waals surface area contributed by atoms with E-state index in [0.717, 1.165) is 23.6 Å². The molecule has 0 bridgehead atoms. The minimum Gasteiger partial charge on any atom is -0.353 e. The van der Waals surface area contributed by atoms with Crippen molar-refractivity contribution in [1.82, 2.24) is 10.8 Å². The van der Waals surface area contributed by atoms with E-state index in [1.54, 1.807) is 30.3 Å². The third-order valence-corrected chi connectivity index (χ3v) is 6.28. The van der Waals surface area contributed by atoms with Crippen molar-refractivity contribution in [3.8, 4) is 0 Å². The number of aryl methyl sites for hydroxylation is 1. The molecule has 4 N–H and O–H groups in total. The van der Waals surface area contributed by atoms with Crippen molar-refractivity contribution in [1.29, 1.82) is 0 Å². The van der Waals surface area contributed by atoms with E-state index >= 15 is 0 Å². The number of alkyl halides is 3. The van der Waals surface area contributed by atoms with E-state index < -0.39 is 11.7 Å². The van der Waals surface area contributed by atoms with Crippen molar-refractivity contribution in [3.05, 3.63) is 132 Å². The van der Waals surface area contributed by atoms with Crippen LogP contribution in [0.25, 0.3) is 5.70 Å². The van der Waals surface area contributed by atoms with Crippen LogP contribution in [0.4, 0.5) is 23.2 Å². The summed E-state index contributed by atoms with van der Waals surface area (Å²) in [6.07, 6.45) is 8.07. The van der Waals surface area contributed by atoms with Gasteiger partial charge < -0.3 is 10.6 Å². The molecule has 0 heterocycles. The second kappa shape index (κ2) is 23.2. The van der Waals surface area contributed by atoms with Gasteiger partial charge in [0.15, 0.2) is 6.29 Å². The molecule has 47 heavy (non-hydrogen) atoms. The SMILES string of the molecule is C=C(NO)c1cccc(N/C(C=O)=C\C(=C)C(F)(F)F)c1.C=C/C=C(\C=C/C)C(NCC1CC1)c1ccc(F)c(C)c1.CC.CCC. The first-order chi connectivity index (χ1) is 22.3. The molecule has 1 aliphatic rings. The molecule has 3 rings (SSSR count). The molecule has 1 fully saturated rings. The summed E-state index contributed by atoms with van der Waals surface area (Å²) in [5.41, 5.74) is 4.42. The number of aldehydes is 1. The summed E-state index contributed by atoms with van der Waals surface area (Å²) in [5, 5.41) is 14.9. The van der Waals surface area contributed by atoms with Gasteiger partial charge in [0.1, 0.15) is 5.82 Å². The van der Waals surface area contributed by atoms with Gasteiger partial charge in [0.2, 0.25) is 0 Å². The first-order valence-electron chi connectivity index (χ1n) is 15.7. The maximum absolute atomic E-state index is 13.5. The summed E-state index contributed by atoms with van der Waals surface area (Å²) >= 11 is 0. The molecule has 0 aliphatic heterocycles. The number of nitrogens with one attached hydrogen (secondary N) is 3. The molecular formula is C38H51F4N3O2. The zero-order chi connectivity index (χ0) is 36.0. The number of allylic oxidation sites excluding steroid dienone is 6. The van der Waals surface area contributed by atoms with Gasteiger partial charge in [-0.05, 0) is 80.1 Å². The smallest absolute Gasteiger partial charge is 0.353 e. The van der Waals surface area contributed by atoms with E-state index in [0.29, 0.717) is 22.9 Å². The van der Waals surface area contributed by atoms with Crippen molar-refractivity contribution in [2.75, 3.05) is 11.9 Å². The Hall–Kier alpha value is -4.21. The highest BCUT2D eigenvalue weighted by molar-refractivity contribution is 5.80. The Morgan fingerprint density at radius 2 is 1.74 bits per heavy atom. The van der Waals surface area contributed by atoms with Gasteiger partial charge in [-0.15, -0.1) is 0 Å². The lowest BCUT2D eigenvalue weighted by atomic mass is 9.96. The average molecular weight is 658 g/mol. The minimum absolute atomic E-state index is 0.0825. The highest BCUT2D eigenvalue weighted by atomic mass is 19.4. The molecule has 0 radical (unpaired) electrons. The summed E-state index contributed by atoms with van der Waals surface area (Å²) in [6, 6.07) is 11.7. The normalized spacial score (nSPS) is 13.4. The molecule has 258 valence electrons. The number of carbonyl (C=O) groups is 1. The van der Waals surface area contributed by atoms with Crippen LogP contribution in [0, 0.1) is 18.7 Å². The van der Waals surface area contributed by atoms with Gasteiger partial charge in [0, 0.05) is 11.3 Å². The topological polar surface area (TPSA) is 73.4 Å². The lowest BCUT2D eigenvalue weighted by Gasteiger charge is -2.21. The highest BCUT2D eigenvalue weighted by Crippen LogP contribution is 2.31. The van der Waals surface area contributed by atoms with E-state index in [1.807, 2.05) is 57.5 Å². The third-order valence-electron chi connectivity index (χ3n) is 6.28. The summed E-state index contributed by atoms with van der Waals surface area (Å²) in [5.74, 6) is 0.643. The molecule has 0 amide bonds. The van der Waals surface area contributed by atoms with Gasteiger partial charge in [-0.3, -0.25) is 15.5 Å². The number of hydrogen-bond acceptors (Lipinski definition) is 5. The lowest BCUT2D eigenvalue weighted by Crippen LogP contribution is -2.25. The predicted molar refractivity (Wildman–Crippen MR) is 188 cm³/mol. The van der Waals surface area contributed by atoms with Crippen LogP contribution in [0.3, 0.4) is 0 Å². The Morgan fingerprint density at radius 1 is 1.11 bits per heavy atom. The molecule has 9 heteroatoms. The van der Waals surface area contributed by atoms with Gasteiger partial charge in [0.25, 0.3) is 0 Å². The molecule has 5 nitrogen and oxygen atoms in total. The Bertz CT molecular complexity index is 1370. The number of rotatable bonds is 13. The summed E-state index contributed by atoms with van der Waals surface area (Å²) in [4.78, 5) is 10.8. The van der Waals surface area contributed by atoms with Gasteiger partial charge in [-0.1, -0.05) is 102 Å². The largest absolute Gasteiger partial charge is 0.415 e. The summed E-state index contributed by atoms with van der Waals surface area (Å²) < 4.78 is 50.6. The number of halogens is 4. The number of hydrogen-bond donors (Lipinski definition) is 4. The van der Waals surface area contributed by atoms with Crippen LogP contribution >= 0.6 is 0 Å². The van der Waals surface area contributed by atoms with Crippen LogP contribution in [0.2, 0.25) is 0 Å². The zero-order valence-corrected chi connectivity index (χ0v) is 28.5. The Balaban J connectivity index is 0.000000792. The zero-order valence-electron chi connectivity index (χ0n) is 28.5. The highest BCUT2D eigenvalue weighted by Gasteiger charge is 2.30. The molecule has 1 unspecified atom stereocenters.